The van der Waals surface area contributed by atoms with Crippen molar-refractivity contribution < 1.29 is 9.53 Å². The van der Waals surface area contributed by atoms with Crippen molar-refractivity contribution in [2.45, 2.75) is 31.5 Å². The minimum atomic E-state index is -0.176. The molecular weight excluding hydrogens is 406 g/mol. The third-order valence-corrected chi connectivity index (χ3v) is 5.97. The summed E-state index contributed by atoms with van der Waals surface area (Å²) in [4.78, 5) is 12.3. The summed E-state index contributed by atoms with van der Waals surface area (Å²) < 4.78 is 7.27. The van der Waals surface area contributed by atoms with Gasteiger partial charge >= 0.3 is 0 Å². The van der Waals surface area contributed by atoms with E-state index in [0.29, 0.717) is 15.7 Å². The normalized spacial score (nSPS) is 10.5. The largest absolute Gasteiger partial charge is 0.497 e. The Bertz CT molecular complexity index is 1000. The molecule has 1 N–H and O–H groups in total. The summed E-state index contributed by atoms with van der Waals surface area (Å²) in [5.74, 6) is 1.57. The minimum absolute atomic E-state index is 0.176. The molecule has 9 heteroatoms. The molecule has 2 heterocycles. The molecular formula is C20H21N5O2S2. The molecule has 0 aliphatic heterocycles. The van der Waals surface area contributed by atoms with E-state index < -0.39 is 0 Å². The van der Waals surface area contributed by atoms with Gasteiger partial charge in [-0.05, 0) is 42.1 Å². The van der Waals surface area contributed by atoms with Crippen molar-refractivity contribution >= 4 is 34.0 Å². The van der Waals surface area contributed by atoms with Gasteiger partial charge in [-0.15, -0.1) is 21.5 Å². The molecule has 29 heavy (non-hydrogen) atoms. The number of benzene rings is 1. The van der Waals surface area contributed by atoms with Gasteiger partial charge in [0.15, 0.2) is 11.0 Å². The summed E-state index contributed by atoms with van der Waals surface area (Å²) in [6.07, 6.45) is 2.03. The van der Waals surface area contributed by atoms with Crippen molar-refractivity contribution in [3.8, 4) is 23.2 Å². The molecule has 3 rings (SSSR count). The van der Waals surface area contributed by atoms with Gasteiger partial charge in [-0.1, -0.05) is 25.1 Å². The molecule has 0 saturated carbocycles. The van der Waals surface area contributed by atoms with Crippen LogP contribution in [0.4, 0.5) is 5.00 Å². The zero-order valence-electron chi connectivity index (χ0n) is 16.2. The van der Waals surface area contributed by atoms with E-state index in [4.69, 9.17) is 10.00 Å². The highest BCUT2D eigenvalue weighted by Crippen LogP contribution is 2.27. The fraction of sp³-hybridized carbons (Fsp3) is 0.300. The molecule has 0 aliphatic carbocycles. The summed E-state index contributed by atoms with van der Waals surface area (Å²) in [6, 6.07) is 11.4. The van der Waals surface area contributed by atoms with Gasteiger partial charge in [-0.25, -0.2) is 0 Å². The van der Waals surface area contributed by atoms with E-state index in [0.717, 1.165) is 36.5 Å². The molecule has 3 aromatic rings. The molecule has 150 valence electrons. The first kappa shape index (κ1) is 20.9. The zero-order chi connectivity index (χ0) is 20.6. The smallest absolute Gasteiger partial charge is 0.235 e. The number of methoxy groups -OCH3 is 1. The average molecular weight is 428 g/mol. The van der Waals surface area contributed by atoms with E-state index in [1.807, 2.05) is 24.3 Å². The third-order valence-electron chi connectivity index (χ3n) is 4.17. The molecule has 0 atom stereocenters. The highest BCUT2D eigenvalue weighted by atomic mass is 32.2. The summed E-state index contributed by atoms with van der Waals surface area (Å²) in [5, 5.41) is 23.6. The lowest BCUT2D eigenvalue weighted by atomic mass is 10.2. The molecule has 0 saturated heterocycles. The number of nitrogens with zero attached hydrogens (tertiary/aromatic N) is 4. The molecule has 0 bridgehead atoms. The first-order chi connectivity index (χ1) is 14.2. The minimum Gasteiger partial charge on any atom is -0.497 e. The number of carbonyl (C=O) groups is 1. The SMILES string of the molecule is CCCCn1c(SCC(=O)Nc2sccc2C#N)nnc1-c1ccc(OC)cc1. The number of thioether (sulfide) groups is 1. The fourth-order valence-electron chi connectivity index (χ4n) is 2.65. The second kappa shape index (κ2) is 10.1. The topological polar surface area (TPSA) is 92.8 Å². The van der Waals surface area contributed by atoms with Gasteiger partial charge in [0.2, 0.25) is 5.91 Å². The van der Waals surface area contributed by atoms with Crippen molar-refractivity contribution in [3.05, 3.63) is 41.3 Å². The van der Waals surface area contributed by atoms with Gasteiger partial charge in [0.05, 0.1) is 18.4 Å². The van der Waals surface area contributed by atoms with E-state index in [9.17, 15) is 4.79 Å². The number of ether oxygens (including phenoxy) is 1. The second-order valence-electron chi connectivity index (χ2n) is 6.15. The van der Waals surface area contributed by atoms with Crippen LogP contribution in [0, 0.1) is 11.3 Å². The van der Waals surface area contributed by atoms with Crippen LogP contribution in [0.25, 0.3) is 11.4 Å². The maximum absolute atomic E-state index is 12.3. The van der Waals surface area contributed by atoms with Crippen molar-refractivity contribution in [2.75, 3.05) is 18.2 Å². The summed E-state index contributed by atoms with van der Waals surface area (Å²) in [7, 11) is 1.63. The standard InChI is InChI=1S/C20H21N5O2S2/c1-3-4-10-25-18(14-5-7-16(27-2)8-6-14)23-24-20(25)29-13-17(26)22-19-15(12-21)9-11-28-19/h5-9,11H,3-4,10,13H2,1-2H3,(H,22,26). The van der Waals surface area contributed by atoms with Crippen molar-refractivity contribution in [1.82, 2.24) is 14.8 Å². The molecule has 0 fully saturated rings. The predicted molar refractivity (Wildman–Crippen MR) is 115 cm³/mol. The number of unbranched alkanes of at least 4 members (excludes halogenated alkanes) is 1. The first-order valence-corrected chi connectivity index (χ1v) is 11.0. The number of anilines is 1. The van der Waals surface area contributed by atoms with Crippen molar-refractivity contribution in [3.63, 3.8) is 0 Å². The number of aromatic nitrogens is 3. The van der Waals surface area contributed by atoms with Crippen LogP contribution in [0.1, 0.15) is 25.3 Å². The lowest BCUT2D eigenvalue weighted by molar-refractivity contribution is -0.113. The maximum Gasteiger partial charge on any atom is 0.235 e. The third kappa shape index (κ3) is 5.16. The van der Waals surface area contributed by atoms with Crippen LogP contribution in [0.3, 0.4) is 0 Å². The van der Waals surface area contributed by atoms with E-state index in [1.165, 1.54) is 23.1 Å². The van der Waals surface area contributed by atoms with Gasteiger partial charge in [0.1, 0.15) is 16.8 Å². The van der Waals surface area contributed by atoms with Crippen LogP contribution in [0.15, 0.2) is 40.9 Å². The summed E-state index contributed by atoms with van der Waals surface area (Å²) in [5.41, 5.74) is 1.42. The molecule has 1 aromatic carbocycles. The van der Waals surface area contributed by atoms with E-state index in [-0.39, 0.29) is 11.7 Å². The highest BCUT2D eigenvalue weighted by Gasteiger charge is 2.16. The van der Waals surface area contributed by atoms with Gasteiger partial charge in [-0.3, -0.25) is 4.79 Å². The van der Waals surface area contributed by atoms with E-state index in [1.54, 1.807) is 18.6 Å². The summed E-state index contributed by atoms with van der Waals surface area (Å²) in [6.45, 7) is 2.91. The van der Waals surface area contributed by atoms with Crippen LogP contribution in [-0.4, -0.2) is 33.5 Å². The predicted octanol–water partition coefficient (Wildman–Crippen LogP) is 4.42. The number of hydrogen-bond donors (Lipinski definition) is 1. The van der Waals surface area contributed by atoms with Gasteiger partial charge < -0.3 is 14.6 Å². The Morgan fingerprint density at radius 2 is 2.10 bits per heavy atom. The number of nitrogens with one attached hydrogen (secondary N) is 1. The number of thiophene rings is 1. The van der Waals surface area contributed by atoms with E-state index in [2.05, 4.69) is 33.1 Å². The molecule has 0 aliphatic rings. The molecule has 1 amide bonds. The monoisotopic (exact) mass is 427 g/mol. The summed E-state index contributed by atoms with van der Waals surface area (Å²) >= 11 is 2.67. The molecule has 0 spiro atoms. The Hall–Kier alpha value is -2.83. The number of hydrogen-bond acceptors (Lipinski definition) is 7. The number of nitriles is 1. The number of amides is 1. The van der Waals surface area contributed by atoms with Crippen LogP contribution in [0.2, 0.25) is 0 Å². The number of rotatable bonds is 9. The van der Waals surface area contributed by atoms with Crippen molar-refractivity contribution in [1.29, 1.82) is 5.26 Å². The van der Waals surface area contributed by atoms with Crippen LogP contribution in [-0.2, 0) is 11.3 Å². The van der Waals surface area contributed by atoms with Gasteiger partial charge in [0.25, 0.3) is 0 Å². The molecule has 0 unspecified atom stereocenters. The first-order valence-electron chi connectivity index (χ1n) is 9.14. The fourth-order valence-corrected chi connectivity index (χ4v) is 4.17. The lowest BCUT2D eigenvalue weighted by Crippen LogP contribution is -2.14. The van der Waals surface area contributed by atoms with Crippen molar-refractivity contribution in [2.24, 2.45) is 0 Å². The van der Waals surface area contributed by atoms with E-state index >= 15 is 0 Å². The Labute approximate surface area is 177 Å². The second-order valence-corrected chi connectivity index (χ2v) is 8.01. The Balaban J connectivity index is 1.73. The quantitative estimate of drug-likeness (QED) is 0.508. The Morgan fingerprint density at radius 3 is 2.79 bits per heavy atom. The maximum atomic E-state index is 12.3. The van der Waals surface area contributed by atoms with Crippen LogP contribution >= 0.6 is 23.1 Å². The highest BCUT2D eigenvalue weighted by molar-refractivity contribution is 7.99. The number of carbonyl (C=O) groups excluding carboxylic acids is 1. The van der Waals surface area contributed by atoms with Crippen LogP contribution < -0.4 is 10.1 Å². The molecule has 2 aromatic heterocycles. The average Bonchev–Trinajstić information content (AvgIpc) is 3.37. The van der Waals surface area contributed by atoms with Crippen LogP contribution in [0.5, 0.6) is 5.75 Å². The zero-order valence-corrected chi connectivity index (χ0v) is 17.8. The molecule has 0 radical (unpaired) electrons. The van der Waals surface area contributed by atoms with Gasteiger partial charge in [-0.2, -0.15) is 5.26 Å². The Morgan fingerprint density at radius 1 is 1.31 bits per heavy atom. The molecule has 7 nitrogen and oxygen atoms in total. The lowest BCUT2D eigenvalue weighted by Gasteiger charge is -2.10. The van der Waals surface area contributed by atoms with Gasteiger partial charge in [0, 0.05) is 12.1 Å². The Kier molecular flexibility index (Phi) is 7.27.